The highest BCUT2D eigenvalue weighted by molar-refractivity contribution is 5.98. The van der Waals surface area contributed by atoms with Gasteiger partial charge < -0.3 is 26.1 Å². The van der Waals surface area contributed by atoms with Crippen LogP contribution in [0.5, 0.6) is 0 Å². The molecule has 0 atom stereocenters. The summed E-state index contributed by atoms with van der Waals surface area (Å²) in [5, 5.41) is 28.1. The largest absolute Gasteiger partial charge is 0.409 e. The fourth-order valence-corrected chi connectivity index (χ4v) is 0.905. The molecular weight excluding hydrogens is 190 g/mol. The normalized spacial score (nSPS) is 11.4. The van der Waals surface area contributed by atoms with Crippen LogP contribution in [0.25, 0.3) is 0 Å². The Balaban J connectivity index is 4.14. The number of carbonyl (C=O) groups excluding carboxylic acids is 1. The van der Waals surface area contributed by atoms with Gasteiger partial charge in [-0.3, -0.25) is 4.79 Å². The molecule has 0 aromatic rings. The second-order valence-corrected chi connectivity index (χ2v) is 2.60. The van der Waals surface area contributed by atoms with Crippen LogP contribution in [-0.4, -0.2) is 58.4 Å². The quantitative estimate of drug-likeness (QED) is 0.172. The monoisotopic (exact) mass is 205 g/mol. The van der Waals surface area contributed by atoms with Crippen LogP contribution >= 0.6 is 0 Å². The van der Waals surface area contributed by atoms with Gasteiger partial charge in [0.1, 0.15) is 5.84 Å². The summed E-state index contributed by atoms with van der Waals surface area (Å²) in [6.45, 7) is -0.139. The standard InChI is InChI=1S/C7H15N3O4/c8-6(9-14)5-7(13)10(1-3-11)2-4-12/h11-12,14H,1-5H2,(H2,8,9). The molecule has 0 fully saturated rings. The molecule has 0 aliphatic carbocycles. The Morgan fingerprint density at radius 1 is 1.29 bits per heavy atom. The Hall–Kier alpha value is -1.34. The van der Waals surface area contributed by atoms with Gasteiger partial charge in [0, 0.05) is 13.1 Å². The van der Waals surface area contributed by atoms with Gasteiger partial charge in [-0.2, -0.15) is 0 Å². The summed E-state index contributed by atoms with van der Waals surface area (Å²) in [6, 6.07) is 0. The molecular formula is C7H15N3O4. The molecule has 0 bridgehead atoms. The van der Waals surface area contributed by atoms with Crippen LogP contribution in [0.15, 0.2) is 5.16 Å². The van der Waals surface area contributed by atoms with E-state index in [0.717, 1.165) is 0 Å². The van der Waals surface area contributed by atoms with Gasteiger partial charge in [0.2, 0.25) is 5.91 Å². The van der Waals surface area contributed by atoms with Crippen LogP contribution in [0.4, 0.5) is 0 Å². The van der Waals surface area contributed by atoms with Gasteiger partial charge in [0.05, 0.1) is 19.6 Å². The van der Waals surface area contributed by atoms with Crippen molar-refractivity contribution in [2.24, 2.45) is 10.9 Å². The zero-order valence-electron chi connectivity index (χ0n) is 7.76. The first-order valence-corrected chi connectivity index (χ1v) is 4.11. The molecule has 0 heterocycles. The van der Waals surface area contributed by atoms with Crippen molar-refractivity contribution in [2.75, 3.05) is 26.3 Å². The van der Waals surface area contributed by atoms with Crippen molar-refractivity contribution in [3.63, 3.8) is 0 Å². The lowest BCUT2D eigenvalue weighted by Crippen LogP contribution is -2.38. The molecule has 1 amide bonds. The number of amides is 1. The Morgan fingerprint density at radius 3 is 2.14 bits per heavy atom. The van der Waals surface area contributed by atoms with E-state index in [0.29, 0.717) is 0 Å². The fraction of sp³-hybridized carbons (Fsp3) is 0.714. The predicted molar refractivity (Wildman–Crippen MR) is 48.8 cm³/mol. The Kier molecular flexibility index (Phi) is 6.42. The Morgan fingerprint density at radius 2 is 1.79 bits per heavy atom. The molecule has 0 aromatic carbocycles. The maximum absolute atomic E-state index is 11.3. The van der Waals surface area contributed by atoms with Gasteiger partial charge >= 0.3 is 0 Å². The van der Waals surface area contributed by atoms with Crippen molar-refractivity contribution >= 4 is 11.7 Å². The van der Waals surface area contributed by atoms with E-state index < -0.39 is 5.91 Å². The maximum atomic E-state index is 11.3. The van der Waals surface area contributed by atoms with Crippen LogP contribution in [-0.2, 0) is 4.79 Å². The molecule has 0 rings (SSSR count). The number of carbonyl (C=O) groups is 1. The lowest BCUT2D eigenvalue weighted by Gasteiger charge is -2.20. The molecule has 0 radical (unpaired) electrons. The smallest absolute Gasteiger partial charge is 0.230 e. The first-order chi connectivity index (χ1) is 6.65. The highest BCUT2D eigenvalue weighted by atomic mass is 16.4. The summed E-state index contributed by atoms with van der Waals surface area (Å²) in [5.74, 6) is -0.598. The number of amidine groups is 1. The number of rotatable bonds is 6. The molecule has 0 unspecified atom stereocenters. The van der Waals surface area contributed by atoms with Crippen LogP contribution in [0.3, 0.4) is 0 Å². The van der Waals surface area contributed by atoms with Crippen LogP contribution in [0.2, 0.25) is 0 Å². The second kappa shape index (κ2) is 7.10. The minimum absolute atomic E-state index is 0.123. The summed E-state index contributed by atoms with van der Waals surface area (Å²) < 4.78 is 0. The van der Waals surface area contributed by atoms with E-state index in [4.69, 9.17) is 21.2 Å². The Labute approximate surface area is 81.4 Å². The molecule has 0 saturated carbocycles. The third-order valence-electron chi connectivity index (χ3n) is 1.55. The van der Waals surface area contributed by atoms with E-state index in [9.17, 15) is 4.79 Å². The van der Waals surface area contributed by atoms with Gasteiger partial charge in [-0.15, -0.1) is 0 Å². The van der Waals surface area contributed by atoms with E-state index >= 15 is 0 Å². The second-order valence-electron chi connectivity index (χ2n) is 2.60. The van der Waals surface area contributed by atoms with Crippen LogP contribution in [0, 0.1) is 0 Å². The summed E-state index contributed by atoms with van der Waals surface area (Å²) in [4.78, 5) is 12.6. The van der Waals surface area contributed by atoms with Gasteiger partial charge in [-0.1, -0.05) is 5.16 Å². The first-order valence-electron chi connectivity index (χ1n) is 4.11. The molecule has 0 aromatic heterocycles. The summed E-state index contributed by atoms with van der Waals surface area (Å²) in [7, 11) is 0. The van der Waals surface area contributed by atoms with Crippen molar-refractivity contribution in [3.05, 3.63) is 0 Å². The van der Waals surface area contributed by atoms with Crippen molar-refractivity contribution in [1.29, 1.82) is 0 Å². The molecule has 5 N–H and O–H groups in total. The number of hydrogen-bond acceptors (Lipinski definition) is 5. The molecule has 0 aliphatic rings. The molecule has 7 nitrogen and oxygen atoms in total. The lowest BCUT2D eigenvalue weighted by atomic mass is 10.3. The van der Waals surface area contributed by atoms with E-state index in [1.54, 1.807) is 0 Å². The van der Waals surface area contributed by atoms with Crippen molar-refractivity contribution in [2.45, 2.75) is 6.42 Å². The minimum atomic E-state index is -0.400. The van der Waals surface area contributed by atoms with Crippen molar-refractivity contribution < 1.29 is 20.2 Å². The number of oxime groups is 1. The van der Waals surface area contributed by atoms with Crippen LogP contribution < -0.4 is 5.73 Å². The van der Waals surface area contributed by atoms with Crippen molar-refractivity contribution in [3.8, 4) is 0 Å². The number of aliphatic hydroxyl groups is 2. The van der Waals surface area contributed by atoms with Crippen molar-refractivity contribution in [1.82, 2.24) is 4.90 Å². The molecule has 7 heteroatoms. The van der Waals surface area contributed by atoms with E-state index in [1.165, 1.54) is 4.90 Å². The Bertz CT molecular complexity index is 201. The van der Waals surface area contributed by atoms with E-state index in [1.807, 2.05) is 0 Å². The third kappa shape index (κ3) is 4.63. The lowest BCUT2D eigenvalue weighted by molar-refractivity contribution is -0.130. The number of nitrogens with zero attached hydrogens (tertiary/aromatic N) is 2. The highest BCUT2D eigenvalue weighted by Crippen LogP contribution is 1.93. The topological polar surface area (TPSA) is 119 Å². The number of aliphatic hydroxyl groups excluding tert-OH is 2. The molecule has 0 spiro atoms. The molecule has 14 heavy (non-hydrogen) atoms. The van der Waals surface area contributed by atoms with Gasteiger partial charge in [-0.05, 0) is 0 Å². The molecule has 0 saturated heterocycles. The number of hydrogen-bond donors (Lipinski definition) is 4. The van der Waals surface area contributed by atoms with Crippen LogP contribution in [0.1, 0.15) is 6.42 Å². The average Bonchev–Trinajstić information content (AvgIpc) is 2.17. The zero-order chi connectivity index (χ0) is 11.0. The fourth-order valence-electron chi connectivity index (χ4n) is 0.905. The third-order valence-corrected chi connectivity index (χ3v) is 1.55. The van der Waals surface area contributed by atoms with E-state index in [-0.39, 0.29) is 38.6 Å². The highest BCUT2D eigenvalue weighted by Gasteiger charge is 2.13. The minimum Gasteiger partial charge on any atom is -0.409 e. The molecule has 0 aliphatic heterocycles. The van der Waals surface area contributed by atoms with Gasteiger partial charge in [0.25, 0.3) is 0 Å². The number of nitrogens with two attached hydrogens (primary N) is 1. The predicted octanol–water partition coefficient (Wildman–Crippen LogP) is -2.06. The summed E-state index contributed by atoms with van der Waals surface area (Å²) in [5.41, 5.74) is 5.13. The molecule has 82 valence electrons. The summed E-state index contributed by atoms with van der Waals surface area (Å²) >= 11 is 0. The average molecular weight is 205 g/mol. The summed E-state index contributed by atoms with van der Waals surface area (Å²) in [6.07, 6.45) is -0.226. The first kappa shape index (κ1) is 12.7. The van der Waals surface area contributed by atoms with E-state index in [2.05, 4.69) is 5.16 Å². The van der Waals surface area contributed by atoms with Gasteiger partial charge in [0.15, 0.2) is 0 Å². The zero-order valence-corrected chi connectivity index (χ0v) is 7.76. The van der Waals surface area contributed by atoms with Gasteiger partial charge in [-0.25, -0.2) is 0 Å². The maximum Gasteiger partial charge on any atom is 0.230 e. The SMILES string of the molecule is N/C(CC(=O)N(CCO)CCO)=N\O.